The lowest BCUT2D eigenvalue weighted by Crippen LogP contribution is -2.44. The Morgan fingerprint density at radius 1 is 0.903 bits per heavy atom. The Hall–Kier alpha value is -3.80. The van der Waals surface area contributed by atoms with Gasteiger partial charge >= 0.3 is 11.9 Å². The summed E-state index contributed by atoms with van der Waals surface area (Å²) in [5.74, 6) is -2.17. The largest absolute Gasteiger partial charge is 0.508 e. The van der Waals surface area contributed by atoms with Crippen LogP contribution in [-0.4, -0.2) is 39.2 Å². The van der Waals surface area contributed by atoms with Crippen molar-refractivity contribution in [2.45, 2.75) is 25.7 Å². The maximum Gasteiger partial charge on any atom is 0.334 e. The highest BCUT2D eigenvalue weighted by Gasteiger charge is 2.50. The summed E-state index contributed by atoms with van der Waals surface area (Å²) in [7, 11) is 1.68. The summed E-state index contributed by atoms with van der Waals surface area (Å²) in [5, 5.41) is 29.9. The van der Waals surface area contributed by atoms with Crippen molar-refractivity contribution < 1.29 is 24.9 Å². The van der Waals surface area contributed by atoms with Gasteiger partial charge in [-0.3, -0.25) is 0 Å². The summed E-state index contributed by atoms with van der Waals surface area (Å²) < 4.78 is 0. The zero-order valence-corrected chi connectivity index (χ0v) is 17.7. The highest BCUT2D eigenvalue weighted by molar-refractivity contribution is 6.00. The number of hydrogen-bond donors (Lipinski definition) is 3. The molecule has 0 radical (unpaired) electrons. The second kappa shape index (κ2) is 8.52. The third-order valence-corrected chi connectivity index (χ3v) is 5.91. The summed E-state index contributed by atoms with van der Waals surface area (Å²) in [6, 6.07) is 15.5. The van der Waals surface area contributed by atoms with Gasteiger partial charge in [-0.1, -0.05) is 54.6 Å². The summed E-state index contributed by atoms with van der Waals surface area (Å²) in [6.07, 6.45) is 3.73. The van der Waals surface area contributed by atoms with Gasteiger partial charge in [0.1, 0.15) is 5.75 Å². The Morgan fingerprint density at radius 2 is 1.42 bits per heavy atom. The van der Waals surface area contributed by atoms with Crippen LogP contribution in [0.4, 0.5) is 0 Å². The molecule has 0 saturated heterocycles. The number of carboxylic acids is 2. The topological polar surface area (TPSA) is 98.1 Å². The van der Waals surface area contributed by atoms with E-state index >= 15 is 0 Å². The zero-order chi connectivity index (χ0) is 22.8. The van der Waals surface area contributed by atoms with E-state index in [-0.39, 0.29) is 23.3 Å². The number of aromatic hydroxyl groups is 1. The quantitative estimate of drug-likeness (QED) is 0.642. The first kappa shape index (κ1) is 21.9. The van der Waals surface area contributed by atoms with Crippen molar-refractivity contribution in [1.29, 1.82) is 0 Å². The van der Waals surface area contributed by atoms with Crippen LogP contribution in [0.3, 0.4) is 0 Å². The molecule has 6 nitrogen and oxygen atoms in total. The van der Waals surface area contributed by atoms with Gasteiger partial charge in [0.15, 0.2) is 0 Å². The minimum atomic E-state index is -1.37. The standard InChI is InChI=1S/C25H25NO5/c1-16-21(23(28)29)25(19-9-5-4-6-10-19,22(24(30)31)17(2)26(16)3)15-7-8-18-11-13-20(27)14-12-18/h4-14,27H,15H2,1-3H3,(H,28,29)(H,30,31)/b8-7+. The van der Waals surface area contributed by atoms with Gasteiger partial charge < -0.3 is 20.2 Å². The van der Waals surface area contributed by atoms with E-state index in [1.807, 2.05) is 6.07 Å². The smallest absolute Gasteiger partial charge is 0.334 e. The van der Waals surface area contributed by atoms with Crippen LogP contribution in [0, 0.1) is 0 Å². The van der Waals surface area contributed by atoms with Crippen LogP contribution in [0.25, 0.3) is 6.08 Å². The Bertz CT molecular complexity index is 1060. The average Bonchev–Trinajstić information content (AvgIpc) is 2.73. The first-order valence-electron chi connectivity index (χ1n) is 9.84. The molecule has 3 N–H and O–H groups in total. The molecule has 160 valence electrons. The van der Waals surface area contributed by atoms with Crippen molar-refractivity contribution in [2.24, 2.45) is 0 Å². The first-order valence-corrected chi connectivity index (χ1v) is 9.84. The molecule has 1 aliphatic rings. The number of carboxylic acid groups (broad SMARTS) is 2. The van der Waals surface area contributed by atoms with Crippen LogP contribution in [0.5, 0.6) is 5.75 Å². The van der Waals surface area contributed by atoms with Gasteiger partial charge in [-0.25, -0.2) is 9.59 Å². The molecular weight excluding hydrogens is 394 g/mol. The molecule has 0 atom stereocenters. The highest BCUT2D eigenvalue weighted by Crippen LogP contribution is 2.49. The molecule has 3 rings (SSSR count). The van der Waals surface area contributed by atoms with Crippen molar-refractivity contribution in [2.75, 3.05) is 7.05 Å². The van der Waals surface area contributed by atoms with Crippen LogP contribution in [0.2, 0.25) is 0 Å². The molecule has 0 fully saturated rings. The first-order chi connectivity index (χ1) is 14.7. The third-order valence-electron chi connectivity index (χ3n) is 5.91. The van der Waals surface area contributed by atoms with E-state index in [1.54, 1.807) is 86.5 Å². The van der Waals surface area contributed by atoms with Crippen LogP contribution in [-0.2, 0) is 15.0 Å². The summed E-state index contributed by atoms with van der Waals surface area (Å²) in [5.41, 5.74) is 1.12. The Kier molecular flexibility index (Phi) is 6.02. The van der Waals surface area contributed by atoms with E-state index < -0.39 is 17.4 Å². The number of aliphatic carboxylic acids is 2. The van der Waals surface area contributed by atoms with Gasteiger partial charge in [-0.05, 0) is 43.5 Å². The second-order valence-electron chi connectivity index (χ2n) is 7.56. The van der Waals surface area contributed by atoms with Gasteiger partial charge in [-0.2, -0.15) is 0 Å². The molecule has 0 aromatic heterocycles. The molecule has 1 aliphatic heterocycles. The van der Waals surface area contributed by atoms with Crippen LogP contribution in [0.1, 0.15) is 31.4 Å². The van der Waals surface area contributed by atoms with Gasteiger partial charge in [-0.15, -0.1) is 0 Å². The maximum atomic E-state index is 12.5. The maximum absolute atomic E-state index is 12.5. The van der Waals surface area contributed by atoms with E-state index in [1.165, 1.54) is 0 Å². The van der Waals surface area contributed by atoms with Gasteiger partial charge in [0.2, 0.25) is 0 Å². The lowest BCUT2D eigenvalue weighted by atomic mass is 9.63. The SMILES string of the molecule is CC1=C(C(=O)O)C(C/C=C/c2ccc(O)cc2)(c2ccccc2)C(C(=O)O)=C(C)N1C. The van der Waals surface area contributed by atoms with Crippen molar-refractivity contribution in [1.82, 2.24) is 4.90 Å². The molecule has 0 amide bonds. The molecule has 0 unspecified atom stereocenters. The zero-order valence-electron chi connectivity index (χ0n) is 17.7. The normalized spacial score (nSPS) is 16.2. The number of nitrogens with zero attached hydrogens (tertiary/aromatic N) is 1. The predicted molar refractivity (Wildman–Crippen MR) is 118 cm³/mol. The monoisotopic (exact) mass is 419 g/mol. The van der Waals surface area contributed by atoms with E-state index in [4.69, 9.17) is 0 Å². The molecule has 6 heteroatoms. The number of allylic oxidation sites excluding steroid dienone is 3. The summed E-state index contributed by atoms with van der Waals surface area (Å²) in [6.45, 7) is 3.40. The van der Waals surface area contributed by atoms with E-state index in [0.717, 1.165) is 5.56 Å². The lowest BCUT2D eigenvalue weighted by molar-refractivity contribution is -0.134. The van der Waals surface area contributed by atoms with Gasteiger partial charge in [0.05, 0.1) is 16.6 Å². The molecule has 2 aromatic carbocycles. The Morgan fingerprint density at radius 3 is 1.90 bits per heavy atom. The predicted octanol–water partition coefficient (Wildman–Crippen LogP) is 4.40. The van der Waals surface area contributed by atoms with Crippen LogP contribution >= 0.6 is 0 Å². The number of rotatable bonds is 6. The average molecular weight is 419 g/mol. The summed E-state index contributed by atoms with van der Waals surface area (Å²) >= 11 is 0. The molecule has 0 aliphatic carbocycles. The second-order valence-corrected chi connectivity index (χ2v) is 7.56. The fourth-order valence-electron chi connectivity index (χ4n) is 4.29. The molecule has 0 saturated carbocycles. The van der Waals surface area contributed by atoms with Crippen LogP contribution in [0.15, 0.2) is 83.2 Å². The third kappa shape index (κ3) is 3.84. The molecule has 1 heterocycles. The molecule has 2 aromatic rings. The van der Waals surface area contributed by atoms with E-state index in [0.29, 0.717) is 17.0 Å². The number of phenols is 1. The summed E-state index contributed by atoms with van der Waals surface area (Å²) in [4.78, 5) is 26.6. The van der Waals surface area contributed by atoms with Gasteiger partial charge in [0.25, 0.3) is 0 Å². The molecule has 0 bridgehead atoms. The van der Waals surface area contributed by atoms with Gasteiger partial charge in [0, 0.05) is 18.4 Å². The molecule has 31 heavy (non-hydrogen) atoms. The number of phenolic OH excluding ortho intramolecular Hbond substituents is 1. The molecular formula is C25H25NO5. The Balaban J connectivity index is 2.27. The van der Waals surface area contributed by atoms with Crippen LogP contribution < -0.4 is 0 Å². The van der Waals surface area contributed by atoms with Crippen molar-refractivity contribution in [3.05, 3.63) is 94.3 Å². The van der Waals surface area contributed by atoms with Crippen molar-refractivity contribution in [3.63, 3.8) is 0 Å². The van der Waals surface area contributed by atoms with E-state index in [2.05, 4.69) is 0 Å². The number of carbonyl (C=O) groups is 2. The molecule has 0 spiro atoms. The fraction of sp³-hybridized carbons (Fsp3) is 0.200. The fourth-order valence-corrected chi connectivity index (χ4v) is 4.29. The highest BCUT2D eigenvalue weighted by atomic mass is 16.4. The minimum absolute atomic E-state index is 0.0413. The van der Waals surface area contributed by atoms with Crippen molar-refractivity contribution in [3.8, 4) is 5.75 Å². The van der Waals surface area contributed by atoms with Crippen molar-refractivity contribution >= 4 is 18.0 Å². The lowest BCUT2D eigenvalue weighted by Gasteiger charge is -2.43. The minimum Gasteiger partial charge on any atom is -0.508 e. The number of benzene rings is 2. The van der Waals surface area contributed by atoms with E-state index in [9.17, 15) is 24.9 Å². The Labute approximate surface area is 181 Å². The number of hydrogen-bond acceptors (Lipinski definition) is 4.